The predicted octanol–water partition coefficient (Wildman–Crippen LogP) is 2.86. The minimum atomic E-state index is -3.53. The first kappa shape index (κ1) is 72.9. The summed E-state index contributed by atoms with van der Waals surface area (Å²) >= 11 is 2.94. The third-order valence-electron chi connectivity index (χ3n) is 17.2. The Morgan fingerprint density at radius 1 is 0.216 bits per heavy atom. The second-order valence-electron chi connectivity index (χ2n) is 32.5. The van der Waals surface area contributed by atoms with Crippen molar-refractivity contribution < 1.29 is 57.7 Å². The fraction of sp³-hybridized carbons (Fsp3) is 0.633. The van der Waals surface area contributed by atoms with E-state index < -0.39 is 80.7 Å². The van der Waals surface area contributed by atoms with Crippen LogP contribution in [0.4, 0.5) is 0 Å². The number of benzene rings is 3. The summed E-state index contributed by atoms with van der Waals surface area (Å²) in [5.74, 6) is 0. The summed E-state index contributed by atoms with van der Waals surface area (Å²) in [6, 6.07) is 0. The van der Waals surface area contributed by atoms with Gasteiger partial charge in [-0.15, -0.1) is 0 Å². The van der Waals surface area contributed by atoms with Gasteiger partial charge in [-0.1, -0.05) is 0 Å². The molecule has 416 valence electrons. The first-order valence-electron chi connectivity index (χ1n) is 27.8. The van der Waals surface area contributed by atoms with E-state index in [0.29, 0.717) is 0 Å². The van der Waals surface area contributed by atoms with Gasteiger partial charge in [-0.05, 0) is 0 Å². The molecule has 14 heteroatoms. The van der Waals surface area contributed by atoms with Crippen molar-refractivity contribution in [1.82, 2.24) is 0 Å². The minimum Gasteiger partial charge on any atom is -1.00 e. The molecule has 1 aliphatic rings. The molecule has 0 N–H and O–H groups in total. The average Bonchev–Trinajstić information content (AvgIpc) is 3.23. The number of allylic oxidation sites excluding steroid dienone is 4. The van der Waals surface area contributed by atoms with Crippen LogP contribution in [0, 0.1) is 41.5 Å². The van der Waals surface area contributed by atoms with E-state index in [9.17, 15) is 0 Å². The van der Waals surface area contributed by atoms with Gasteiger partial charge in [-0.3, -0.25) is 0 Å². The van der Waals surface area contributed by atoms with E-state index in [1.54, 1.807) is 71.2 Å². The van der Waals surface area contributed by atoms with Gasteiger partial charge in [-0.25, -0.2) is 0 Å². The SMILES string of the molecule is CC1=C(C)[C]([Ti+3])([Si](c2c(C)c([Si](C)(C)C)c(C)c([Si](C)(C)C)c2[Si](C)(C)C)(c2c(C)c([Si](C)(C)C)c(C)c([Si](C)(C)C)c2[Si](C)(C)C)c2c(C)c([Si](C)(C)C)c(C)c([Si](C)(C)C)c2[Si](C)(C)C)C(C)=C1C.[Cl-].[Cl-].[Cl-]. The Bertz CT molecular complexity index is 2480. The zero-order valence-corrected chi connectivity index (χ0v) is 69.0. The van der Waals surface area contributed by atoms with Crippen LogP contribution < -0.4 is 99.5 Å². The summed E-state index contributed by atoms with van der Waals surface area (Å²) in [6.45, 7) is 101. The molecule has 0 atom stereocenters. The van der Waals surface area contributed by atoms with Crippen LogP contribution >= 0.6 is 0 Å². The number of hydrogen-bond acceptors (Lipinski definition) is 0. The van der Waals surface area contributed by atoms with Crippen molar-refractivity contribution in [2.45, 2.75) is 249 Å². The average molecular weight is 1270 g/mol. The van der Waals surface area contributed by atoms with Gasteiger partial charge in [0.2, 0.25) is 0 Å². The maximum absolute atomic E-state index is 3.53. The molecule has 0 radical (unpaired) electrons. The van der Waals surface area contributed by atoms with Crippen LogP contribution in [0.25, 0.3) is 0 Å². The standard InChI is InChI=1S/C60H111Si10.3ClH.Ti/c1-38-39(2)41(4)51(40(38)3)70(55-45(8)48(61(11,12)13)42(5)52(64(20,21)22)58(55)67(29,30)31,56-46(9)49(62(14,15)16)43(6)53(65(23,24)25)59(56)68(32,33)34)57-47(10)50(63(17,18)19)44(7)54(66(26,27)28)60(57)69(35,36)37;;;;/h1-37H3;3*1H;/q;;;;+3/p-3. The molecule has 0 saturated carbocycles. The summed E-state index contributed by atoms with van der Waals surface area (Å²) in [4.78, 5) is 0. The molecule has 0 fully saturated rings. The summed E-state index contributed by atoms with van der Waals surface area (Å²) in [5.41, 5.74) is 16.8. The topological polar surface area (TPSA) is 0 Å². The molecule has 0 amide bonds. The van der Waals surface area contributed by atoms with Crippen molar-refractivity contribution in [3.05, 3.63) is 55.7 Å². The quantitative estimate of drug-likeness (QED) is 0.183. The van der Waals surface area contributed by atoms with Crippen molar-refractivity contribution in [3.63, 3.8) is 0 Å². The van der Waals surface area contributed by atoms with E-state index in [2.05, 4.69) is 266 Å². The maximum Gasteiger partial charge on any atom is -1.00 e. The molecule has 0 unspecified atom stereocenters. The summed E-state index contributed by atoms with van der Waals surface area (Å²) in [6.07, 6.45) is 0. The fourth-order valence-corrected chi connectivity index (χ4v) is 57.6. The second-order valence-corrected chi connectivity index (χ2v) is 83.2. The molecule has 4 rings (SSSR count). The molecule has 3 aromatic rings. The van der Waals surface area contributed by atoms with Crippen LogP contribution in [-0.2, 0) is 20.4 Å². The van der Waals surface area contributed by atoms with Gasteiger partial charge in [0.1, 0.15) is 0 Å². The maximum atomic E-state index is 2.94. The molecule has 0 spiro atoms. The smallest absolute Gasteiger partial charge is 1.00 e. The van der Waals surface area contributed by atoms with E-state index in [1.165, 1.54) is 0 Å². The Kier molecular flexibility index (Phi) is 21.9. The molecule has 1 aliphatic carbocycles. The van der Waals surface area contributed by atoms with Gasteiger partial charge in [0, 0.05) is 0 Å². The van der Waals surface area contributed by atoms with Gasteiger partial charge in [0.25, 0.3) is 0 Å². The van der Waals surface area contributed by atoms with Crippen molar-refractivity contribution in [1.29, 1.82) is 0 Å². The Morgan fingerprint density at radius 3 is 0.486 bits per heavy atom. The molecule has 0 heterocycles. The van der Waals surface area contributed by atoms with E-state index >= 15 is 0 Å². The predicted molar refractivity (Wildman–Crippen MR) is 359 cm³/mol. The molecule has 0 aromatic heterocycles. The Balaban J connectivity index is 0.00000913. The zero-order chi connectivity index (χ0) is 56.2. The second kappa shape index (κ2) is 22.2. The van der Waals surface area contributed by atoms with Crippen LogP contribution in [0.2, 0.25) is 180 Å². The fourth-order valence-electron chi connectivity index (χ4n) is 15.8. The molecule has 74 heavy (non-hydrogen) atoms. The van der Waals surface area contributed by atoms with Crippen LogP contribution in [0.15, 0.2) is 22.3 Å². The number of rotatable bonds is 13. The third kappa shape index (κ3) is 11.9. The monoisotopic (exact) mass is 1260 g/mol. The van der Waals surface area contributed by atoms with Crippen LogP contribution in [-0.4, -0.2) is 80.7 Å². The first-order chi connectivity index (χ1) is 31.1. The molecule has 3 aromatic carbocycles. The summed E-state index contributed by atoms with van der Waals surface area (Å²) in [7, 11) is -22.1. The van der Waals surface area contributed by atoms with E-state index in [4.69, 9.17) is 0 Å². The molecule has 0 aliphatic heterocycles. The van der Waals surface area contributed by atoms with Gasteiger partial charge in [0.05, 0.1) is 0 Å². The summed E-state index contributed by atoms with van der Waals surface area (Å²) in [5, 5.41) is 22.5. The van der Waals surface area contributed by atoms with Crippen molar-refractivity contribution in [2.75, 3.05) is 0 Å². The zero-order valence-electron chi connectivity index (χ0n) is 55.1. The Hall–Kier alpha value is 0.893. The normalized spacial score (nSPS) is 15.7. The van der Waals surface area contributed by atoms with E-state index in [-0.39, 0.29) is 40.6 Å². The van der Waals surface area contributed by atoms with E-state index in [0.717, 1.165) is 0 Å². The van der Waals surface area contributed by atoms with Crippen LogP contribution in [0.1, 0.15) is 61.1 Å². The van der Waals surface area contributed by atoms with Crippen LogP contribution in [0.5, 0.6) is 0 Å². The first-order valence-corrected chi connectivity index (χ1v) is 62.0. The minimum absolute atomic E-state index is 0. The number of halogens is 3. The molecular formula is C60H111Cl3Si10Ti. The molecule has 0 nitrogen and oxygen atoms in total. The third-order valence-corrected chi connectivity index (χ3v) is 46.8. The Morgan fingerprint density at radius 2 is 0.351 bits per heavy atom. The van der Waals surface area contributed by atoms with Gasteiger partial charge in [-0.2, -0.15) is 0 Å². The van der Waals surface area contributed by atoms with Crippen molar-refractivity contribution >= 4 is 143 Å². The number of hydrogen-bond donors (Lipinski definition) is 0. The van der Waals surface area contributed by atoms with Gasteiger partial charge in [0.15, 0.2) is 0 Å². The van der Waals surface area contributed by atoms with E-state index in [1.807, 2.05) is 46.7 Å². The largest absolute Gasteiger partial charge is 1.00 e. The van der Waals surface area contributed by atoms with Crippen molar-refractivity contribution in [2.24, 2.45) is 0 Å². The van der Waals surface area contributed by atoms with Crippen LogP contribution in [0.3, 0.4) is 0 Å². The molecular weight excluding hydrogens is 1160 g/mol. The van der Waals surface area contributed by atoms with Crippen molar-refractivity contribution in [3.8, 4) is 0 Å². The summed E-state index contributed by atoms with van der Waals surface area (Å²) < 4.78 is -0.229. The molecule has 0 bridgehead atoms. The van der Waals surface area contributed by atoms with Gasteiger partial charge < -0.3 is 37.2 Å². The Labute approximate surface area is 500 Å². The van der Waals surface area contributed by atoms with Gasteiger partial charge >= 0.3 is 468 Å². The molecule has 0 saturated heterocycles.